The number of hydrogen-bond donors (Lipinski definition) is 1. The minimum Gasteiger partial charge on any atom is -0.493 e. The third-order valence-electron chi connectivity index (χ3n) is 6.04. The molecule has 0 aliphatic heterocycles. The van der Waals surface area contributed by atoms with Crippen LogP contribution in [0.25, 0.3) is 10.9 Å². The highest BCUT2D eigenvalue weighted by Gasteiger charge is 2.27. The van der Waals surface area contributed by atoms with E-state index in [9.17, 15) is 14.4 Å². The zero-order valence-electron chi connectivity index (χ0n) is 22.3. The van der Waals surface area contributed by atoms with Crippen LogP contribution in [0.3, 0.4) is 0 Å². The summed E-state index contributed by atoms with van der Waals surface area (Å²) in [4.78, 5) is 52.1. The Morgan fingerprint density at radius 2 is 2.00 bits per heavy atom. The van der Waals surface area contributed by atoms with E-state index in [0.717, 1.165) is 17.2 Å². The van der Waals surface area contributed by atoms with Crippen LogP contribution in [-0.2, 0) is 25.7 Å². The summed E-state index contributed by atoms with van der Waals surface area (Å²) in [6.07, 6.45) is 5.20. The van der Waals surface area contributed by atoms with E-state index in [-0.39, 0.29) is 42.1 Å². The van der Waals surface area contributed by atoms with Gasteiger partial charge in [-0.05, 0) is 44.8 Å². The maximum atomic E-state index is 12.9. The summed E-state index contributed by atoms with van der Waals surface area (Å²) in [7, 11) is 3.70. The molecule has 1 unspecified atom stereocenters. The van der Waals surface area contributed by atoms with Gasteiger partial charge in [0.15, 0.2) is 11.6 Å². The highest BCUT2D eigenvalue weighted by atomic mass is 35.5. The molecule has 3 aromatic rings. The van der Waals surface area contributed by atoms with Crippen molar-refractivity contribution in [1.82, 2.24) is 14.9 Å². The Morgan fingerprint density at radius 3 is 2.70 bits per heavy atom. The molecular formula is C29H28ClN5O5. The number of allylic oxidation sites excluding steroid dienone is 2. The molecule has 1 aliphatic carbocycles. The average Bonchev–Trinajstić information content (AvgIpc) is 2.90. The Balaban J connectivity index is 1.70. The smallest absolute Gasteiger partial charge is 0.241 e. The van der Waals surface area contributed by atoms with Crippen molar-refractivity contribution in [2.24, 2.45) is 10.7 Å². The van der Waals surface area contributed by atoms with E-state index in [2.05, 4.69) is 15.0 Å². The van der Waals surface area contributed by atoms with Crippen LogP contribution >= 0.6 is 11.6 Å². The van der Waals surface area contributed by atoms with Gasteiger partial charge in [-0.25, -0.2) is 15.0 Å². The van der Waals surface area contributed by atoms with E-state index in [1.165, 1.54) is 12.4 Å². The fourth-order valence-corrected chi connectivity index (χ4v) is 4.38. The molecule has 2 N–H and O–H groups in total. The number of nitrogens with zero attached hydrogens (tertiary/aromatic N) is 4. The van der Waals surface area contributed by atoms with E-state index < -0.39 is 11.7 Å². The van der Waals surface area contributed by atoms with Gasteiger partial charge < -0.3 is 15.2 Å². The normalized spacial score (nSPS) is 15.6. The van der Waals surface area contributed by atoms with E-state index in [1.54, 1.807) is 36.4 Å². The van der Waals surface area contributed by atoms with Crippen LogP contribution in [-0.4, -0.2) is 58.8 Å². The van der Waals surface area contributed by atoms with Gasteiger partial charge in [-0.3, -0.25) is 19.3 Å². The molecule has 1 aliphatic rings. The fourth-order valence-electron chi connectivity index (χ4n) is 4.17. The number of ketones is 2. The van der Waals surface area contributed by atoms with Gasteiger partial charge in [-0.1, -0.05) is 29.8 Å². The second-order valence-electron chi connectivity index (χ2n) is 9.16. The Labute approximate surface area is 236 Å². The second kappa shape index (κ2) is 12.6. The maximum absolute atomic E-state index is 12.9. The van der Waals surface area contributed by atoms with Crippen molar-refractivity contribution in [3.05, 3.63) is 82.9 Å². The van der Waals surface area contributed by atoms with Gasteiger partial charge in [0.2, 0.25) is 17.5 Å². The number of halogens is 1. The van der Waals surface area contributed by atoms with Gasteiger partial charge in [0.25, 0.3) is 0 Å². The van der Waals surface area contributed by atoms with E-state index >= 15 is 0 Å². The number of amides is 1. The molecule has 0 fully saturated rings. The zero-order valence-corrected chi connectivity index (χ0v) is 23.0. The largest absolute Gasteiger partial charge is 0.493 e. The number of likely N-dealkylation sites (N-methyl/N-ethyl adjacent to an activating group) is 1. The number of Topliss-reactive ketones (excluding diaryl/α,β-unsaturated/α-hetero) is 1. The predicted octanol–water partition coefficient (Wildman–Crippen LogP) is 4.04. The van der Waals surface area contributed by atoms with Crippen LogP contribution in [0.5, 0.6) is 5.75 Å². The van der Waals surface area contributed by atoms with Crippen molar-refractivity contribution in [3.63, 3.8) is 0 Å². The lowest BCUT2D eigenvalue weighted by atomic mass is 10.00. The Kier molecular flexibility index (Phi) is 9.03. The number of benzene rings is 2. The molecule has 40 heavy (non-hydrogen) atoms. The first-order valence-electron chi connectivity index (χ1n) is 12.5. The first-order chi connectivity index (χ1) is 19.2. The first-order valence-corrected chi connectivity index (χ1v) is 12.8. The summed E-state index contributed by atoms with van der Waals surface area (Å²) in [5, 5.41) is 1.09. The van der Waals surface area contributed by atoms with Crippen molar-refractivity contribution in [2.75, 3.05) is 20.7 Å². The molecule has 206 valence electrons. The molecule has 10 nitrogen and oxygen atoms in total. The van der Waals surface area contributed by atoms with Gasteiger partial charge in [0, 0.05) is 34.2 Å². The molecule has 1 heterocycles. The minimum atomic E-state index is -0.578. The lowest BCUT2D eigenvalue weighted by Crippen LogP contribution is -2.25. The zero-order chi connectivity index (χ0) is 28.8. The quantitative estimate of drug-likeness (QED) is 0.366. The highest BCUT2D eigenvalue weighted by molar-refractivity contribution is 6.50. The summed E-state index contributed by atoms with van der Waals surface area (Å²) < 4.78 is 11.5. The van der Waals surface area contributed by atoms with Crippen LogP contribution in [0, 0.1) is 0 Å². The number of carbonyl (C=O) groups is 3. The molecule has 0 saturated heterocycles. The number of nitrogens with two attached hydrogens (primary N) is 1. The molecule has 11 heteroatoms. The van der Waals surface area contributed by atoms with Crippen molar-refractivity contribution in [1.29, 1.82) is 0 Å². The van der Waals surface area contributed by atoms with Crippen molar-refractivity contribution >= 4 is 51.5 Å². The number of aromatic nitrogens is 2. The summed E-state index contributed by atoms with van der Waals surface area (Å²) in [6.45, 7) is 2.36. The second-order valence-corrected chi connectivity index (χ2v) is 9.59. The van der Waals surface area contributed by atoms with Crippen LogP contribution in [0.2, 0.25) is 5.02 Å². The Hall–Kier alpha value is -4.41. The highest BCUT2D eigenvalue weighted by Crippen LogP contribution is 2.36. The molecule has 1 atom stereocenters. The summed E-state index contributed by atoms with van der Waals surface area (Å²) >= 11 is 6.00. The first kappa shape index (κ1) is 28.6. The SMILES string of the molecule is CCOc1cc2ncnc(N=C3CC(=O)C(OCc4cccc(Cl)c4)=CC3=O)c2cc1C(C=CC(N)=O)N(C)C. The lowest BCUT2D eigenvalue weighted by molar-refractivity contribution is -0.120. The number of aliphatic imine (C=N–C) groups is 1. The van der Waals surface area contributed by atoms with Crippen LogP contribution in [0.15, 0.2) is 71.7 Å². The lowest BCUT2D eigenvalue weighted by Gasteiger charge is -2.24. The van der Waals surface area contributed by atoms with Crippen molar-refractivity contribution in [2.45, 2.75) is 26.0 Å². The van der Waals surface area contributed by atoms with Gasteiger partial charge in [-0.2, -0.15) is 0 Å². The summed E-state index contributed by atoms with van der Waals surface area (Å²) in [5.41, 5.74) is 7.39. The molecule has 0 spiro atoms. The van der Waals surface area contributed by atoms with Gasteiger partial charge >= 0.3 is 0 Å². The molecule has 1 amide bonds. The number of rotatable bonds is 10. The third kappa shape index (κ3) is 6.77. The minimum absolute atomic E-state index is 0.0322. The molecular weight excluding hydrogens is 534 g/mol. The summed E-state index contributed by atoms with van der Waals surface area (Å²) in [5.74, 6) is -0.649. The van der Waals surface area contributed by atoms with E-state index in [4.69, 9.17) is 26.8 Å². The Bertz CT molecular complexity index is 1560. The van der Waals surface area contributed by atoms with Crippen LogP contribution < -0.4 is 10.5 Å². The monoisotopic (exact) mass is 561 g/mol. The molecule has 2 aromatic carbocycles. The predicted molar refractivity (Wildman–Crippen MR) is 152 cm³/mol. The number of hydrogen-bond acceptors (Lipinski definition) is 9. The number of ether oxygens (including phenoxy) is 2. The van der Waals surface area contributed by atoms with Gasteiger partial charge in [-0.15, -0.1) is 0 Å². The average molecular weight is 562 g/mol. The standard InChI is InChI=1S/C29H28ClN5O5/c1-4-39-26-13-21-19(11-20(26)23(35(2)3)8-9-28(31)38)29(33-16-32-21)34-22-12-25(37)27(14-24(22)36)40-15-17-6-5-7-18(30)10-17/h5-11,13-14,16,23H,4,12,15H2,1-3H3,(H2,31,38). The Morgan fingerprint density at radius 1 is 1.20 bits per heavy atom. The number of primary amides is 1. The van der Waals surface area contributed by atoms with E-state index in [0.29, 0.717) is 28.3 Å². The van der Waals surface area contributed by atoms with Gasteiger partial charge in [0.1, 0.15) is 18.7 Å². The topological polar surface area (TPSA) is 137 Å². The molecule has 0 saturated carbocycles. The van der Waals surface area contributed by atoms with Crippen molar-refractivity contribution in [3.8, 4) is 5.75 Å². The van der Waals surface area contributed by atoms with Gasteiger partial charge in [0.05, 0.1) is 30.3 Å². The third-order valence-corrected chi connectivity index (χ3v) is 6.27. The van der Waals surface area contributed by atoms with Crippen molar-refractivity contribution < 1.29 is 23.9 Å². The van der Waals surface area contributed by atoms with Crippen LogP contribution in [0.4, 0.5) is 5.82 Å². The molecule has 0 radical (unpaired) electrons. The van der Waals surface area contributed by atoms with E-state index in [1.807, 2.05) is 32.0 Å². The molecule has 0 bridgehead atoms. The molecule has 4 rings (SSSR count). The number of fused-ring (bicyclic) bond motifs is 1. The van der Waals surface area contributed by atoms with Crippen LogP contribution in [0.1, 0.15) is 30.5 Å². The maximum Gasteiger partial charge on any atom is 0.241 e. The fraction of sp³-hybridized carbons (Fsp3) is 0.241. The summed E-state index contributed by atoms with van der Waals surface area (Å²) in [6, 6.07) is 10.2. The molecule has 1 aromatic heterocycles. The number of carbonyl (C=O) groups excluding carboxylic acids is 3.